The summed E-state index contributed by atoms with van der Waals surface area (Å²) in [7, 11) is -6.55. The summed E-state index contributed by atoms with van der Waals surface area (Å²) in [6.45, 7) is 8.42. The van der Waals surface area contributed by atoms with Crippen LogP contribution in [-0.2, 0) is 23.6 Å². The molecule has 0 unspecified atom stereocenters. The molecule has 8 nitrogen and oxygen atoms in total. The van der Waals surface area contributed by atoms with Crippen LogP contribution < -0.4 is 4.74 Å². The number of rotatable bonds is 9. The average molecular weight is 432 g/mol. The van der Waals surface area contributed by atoms with Crippen LogP contribution in [0.5, 0.6) is 5.75 Å². The average Bonchev–Trinajstić information content (AvgIpc) is 2.95. The molecular weight excluding hydrogens is 403 g/mol. The maximum atomic E-state index is 13.5. The Morgan fingerprint density at radius 3 is 2.00 bits per heavy atom. The van der Waals surface area contributed by atoms with Crippen molar-refractivity contribution in [3.63, 3.8) is 0 Å². The third kappa shape index (κ3) is 4.43. The first-order valence-corrected chi connectivity index (χ1v) is 12.5. The van der Waals surface area contributed by atoms with Gasteiger partial charge in [0.1, 0.15) is 11.6 Å². The molecule has 0 radical (unpaired) electrons. The first-order chi connectivity index (χ1) is 13.3. The molecule has 158 valence electrons. The van der Waals surface area contributed by atoms with Gasteiger partial charge in [-0.2, -0.15) is 0 Å². The molecule has 0 fully saturated rings. The van der Waals surface area contributed by atoms with E-state index in [1.807, 2.05) is 18.7 Å². The molecule has 10 heteroatoms. The van der Waals surface area contributed by atoms with Crippen molar-refractivity contribution < 1.29 is 26.8 Å². The van der Waals surface area contributed by atoms with Crippen LogP contribution >= 0.6 is 7.60 Å². The van der Waals surface area contributed by atoms with Gasteiger partial charge in [-0.15, -0.1) is 4.40 Å². The molecule has 28 heavy (non-hydrogen) atoms. The van der Waals surface area contributed by atoms with Gasteiger partial charge in [-0.05, 0) is 45.4 Å². The second-order valence-corrected chi connectivity index (χ2v) is 10.4. The van der Waals surface area contributed by atoms with Crippen molar-refractivity contribution in [2.45, 2.75) is 38.6 Å². The van der Waals surface area contributed by atoms with E-state index in [1.165, 1.54) is 0 Å². The predicted molar refractivity (Wildman–Crippen MR) is 110 cm³/mol. The van der Waals surface area contributed by atoms with Crippen LogP contribution in [0, 0.1) is 0 Å². The maximum Gasteiger partial charge on any atom is 0.351 e. The lowest BCUT2D eigenvalue weighted by molar-refractivity contribution is 0.216. The van der Waals surface area contributed by atoms with Crippen molar-refractivity contribution in [3.8, 4) is 5.75 Å². The molecule has 1 aliphatic rings. The smallest absolute Gasteiger partial charge is 0.351 e. The van der Waals surface area contributed by atoms with Crippen molar-refractivity contribution in [1.82, 2.24) is 4.90 Å². The van der Waals surface area contributed by atoms with Gasteiger partial charge >= 0.3 is 7.60 Å². The Morgan fingerprint density at radius 2 is 1.57 bits per heavy atom. The van der Waals surface area contributed by atoms with Crippen molar-refractivity contribution in [3.05, 3.63) is 29.8 Å². The molecule has 1 aromatic carbocycles. The van der Waals surface area contributed by atoms with Crippen LogP contribution in [-0.4, -0.2) is 57.6 Å². The van der Waals surface area contributed by atoms with Crippen LogP contribution in [0.3, 0.4) is 0 Å². The second kappa shape index (κ2) is 9.39. The normalized spacial score (nSPS) is 21.4. The zero-order chi connectivity index (χ0) is 20.9. The highest BCUT2D eigenvalue weighted by Gasteiger charge is 2.57. The number of ether oxygens (including phenoxy) is 1. The Hall–Kier alpha value is -1.41. The van der Waals surface area contributed by atoms with E-state index < -0.39 is 28.5 Å². The Balaban J connectivity index is 2.67. The first kappa shape index (κ1) is 22.9. The number of likely N-dealkylation sites (N-methyl/N-ethyl adjacent to an activating group) is 1. The van der Waals surface area contributed by atoms with E-state index >= 15 is 0 Å². The lowest BCUT2D eigenvalue weighted by Crippen LogP contribution is -2.37. The zero-order valence-corrected chi connectivity index (χ0v) is 18.7. The number of sulfonamides is 1. The molecule has 0 N–H and O–H groups in total. The standard InChI is InChI=1S/C18H29N2O6PS/c1-6-20(7-2)17-16(14-10-12-15(24-5)13-11-14)18(28(22,23)19-17)27(21,25-8-3)26-9-4/h10-13,16,18H,6-9H2,1-5H3/t16-,18-/m1/s1. The molecule has 0 spiro atoms. The lowest BCUT2D eigenvalue weighted by Gasteiger charge is -2.30. The van der Waals surface area contributed by atoms with Crippen LogP contribution in [0.15, 0.2) is 28.7 Å². The highest BCUT2D eigenvalue weighted by Crippen LogP contribution is 2.62. The summed E-state index contributed by atoms with van der Waals surface area (Å²) in [6, 6.07) is 7.00. The van der Waals surface area contributed by atoms with Crippen LogP contribution in [0.4, 0.5) is 0 Å². The highest BCUT2D eigenvalue weighted by molar-refractivity contribution is 7.98. The molecule has 2 rings (SSSR count). The molecule has 0 saturated heterocycles. The monoisotopic (exact) mass is 432 g/mol. The van der Waals surface area contributed by atoms with Crippen LogP contribution in [0.2, 0.25) is 0 Å². The number of hydrogen-bond donors (Lipinski definition) is 0. The Kier molecular flexibility index (Phi) is 7.67. The van der Waals surface area contributed by atoms with Crippen molar-refractivity contribution in [2.75, 3.05) is 33.4 Å². The SMILES string of the molecule is CCOP(=O)(OCC)[C@H]1[C@H](c2ccc(OC)cc2)C(N(CC)CC)=NS1(=O)=O. The van der Waals surface area contributed by atoms with Crippen molar-refractivity contribution in [1.29, 1.82) is 0 Å². The van der Waals surface area contributed by atoms with Gasteiger partial charge in [0.15, 0.2) is 4.99 Å². The van der Waals surface area contributed by atoms with Gasteiger partial charge in [-0.25, -0.2) is 8.42 Å². The van der Waals surface area contributed by atoms with Gasteiger partial charge in [-0.3, -0.25) is 4.57 Å². The van der Waals surface area contributed by atoms with Gasteiger partial charge in [0.05, 0.1) is 26.2 Å². The predicted octanol–water partition coefficient (Wildman–Crippen LogP) is 3.45. The largest absolute Gasteiger partial charge is 0.497 e. The topological polar surface area (TPSA) is 94.5 Å². The third-order valence-corrected chi connectivity index (χ3v) is 9.64. The summed E-state index contributed by atoms with van der Waals surface area (Å²) >= 11 is 0. The number of amidine groups is 1. The summed E-state index contributed by atoms with van der Waals surface area (Å²) in [5, 5.41) is 0. The fourth-order valence-electron chi connectivity index (χ4n) is 3.36. The Bertz CT molecular complexity index is 826. The maximum absolute atomic E-state index is 13.5. The molecule has 0 aliphatic carbocycles. The molecule has 0 bridgehead atoms. The summed E-state index contributed by atoms with van der Waals surface area (Å²) < 4.78 is 59.7. The van der Waals surface area contributed by atoms with Gasteiger partial charge in [-0.1, -0.05) is 12.1 Å². The van der Waals surface area contributed by atoms with Crippen LogP contribution in [0.25, 0.3) is 0 Å². The fraction of sp³-hybridized carbons (Fsp3) is 0.611. The van der Waals surface area contributed by atoms with E-state index in [9.17, 15) is 13.0 Å². The van der Waals surface area contributed by atoms with Gasteiger partial charge < -0.3 is 18.7 Å². The van der Waals surface area contributed by atoms with Gasteiger partial charge in [0, 0.05) is 13.1 Å². The van der Waals surface area contributed by atoms with Gasteiger partial charge in [0.2, 0.25) is 0 Å². The van der Waals surface area contributed by atoms with E-state index in [4.69, 9.17) is 13.8 Å². The van der Waals surface area contributed by atoms with E-state index in [2.05, 4.69) is 4.40 Å². The molecule has 1 aromatic rings. The lowest BCUT2D eigenvalue weighted by atomic mass is 9.98. The second-order valence-electron chi connectivity index (χ2n) is 6.15. The molecule has 0 aromatic heterocycles. The molecule has 0 saturated carbocycles. The van der Waals surface area contributed by atoms with E-state index in [1.54, 1.807) is 45.2 Å². The van der Waals surface area contributed by atoms with Crippen molar-refractivity contribution >= 4 is 23.5 Å². The number of hydrogen-bond acceptors (Lipinski definition) is 7. The number of benzene rings is 1. The molecule has 0 amide bonds. The third-order valence-electron chi connectivity index (χ3n) is 4.58. The molecule has 2 atom stereocenters. The minimum absolute atomic E-state index is 0.0687. The van der Waals surface area contributed by atoms with Crippen LogP contribution in [0.1, 0.15) is 39.2 Å². The minimum Gasteiger partial charge on any atom is -0.497 e. The molecular formula is C18H29N2O6PS. The fourth-order valence-corrected chi connectivity index (χ4v) is 8.15. The quantitative estimate of drug-likeness (QED) is 0.552. The van der Waals surface area contributed by atoms with E-state index in [0.29, 0.717) is 30.2 Å². The van der Waals surface area contributed by atoms with E-state index in [0.717, 1.165) is 0 Å². The van der Waals surface area contributed by atoms with E-state index in [-0.39, 0.29) is 13.2 Å². The van der Waals surface area contributed by atoms with Gasteiger partial charge in [0.25, 0.3) is 10.0 Å². The highest BCUT2D eigenvalue weighted by atomic mass is 32.2. The molecule has 1 heterocycles. The minimum atomic E-state index is -4.11. The summed E-state index contributed by atoms with van der Waals surface area (Å²) in [5.41, 5.74) is 0.664. The van der Waals surface area contributed by atoms with Crippen molar-refractivity contribution in [2.24, 2.45) is 4.40 Å². The Labute approximate surface area is 167 Å². The molecule has 1 aliphatic heterocycles. The zero-order valence-electron chi connectivity index (χ0n) is 17.0. The first-order valence-electron chi connectivity index (χ1n) is 9.39. The summed E-state index contributed by atoms with van der Waals surface area (Å²) in [6.07, 6.45) is 0. The number of nitrogens with zero attached hydrogens (tertiary/aromatic N) is 2. The summed E-state index contributed by atoms with van der Waals surface area (Å²) in [4.78, 5) is 0.429. The number of methoxy groups -OCH3 is 1. The summed E-state index contributed by atoms with van der Waals surface area (Å²) in [5.74, 6) is 0.236. The Morgan fingerprint density at radius 1 is 1.04 bits per heavy atom.